The van der Waals surface area contributed by atoms with Gasteiger partial charge < -0.3 is 20.5 Å². The molecule has 5 nitrogen and oxygen atoms in total. The monoisotopic (exact) mass is 332 g/mol. The van der Waals surface area contributed by atoms with E-state index in [0.29, 0.717) is 18.6 Å². The molecule has 0 bridgehead atoms. The Bertz CT molecular complexity index is 567. The molecule has 24 heavy (non-hydrogen) atoms. The molecule has 0 aromatic heterocycles. The van der Waals surface area contributed by atoms with Gasteiger partial charge >= 0.3 is 6.03 Å². The van der Waals surface area contributed by atoms with Gasteiger partial charge in [0.2, 0.25) is 0 Å². The van der Waals surface area contributed by atoms with E-state index in [0.717, 1.165) is 37.0 Å². The molecule has 1 atom stereocenters. The number of urea groups is 1. The number of aliphatic hydroxyl groups excluding tert-OH is 1. The number of ether oxygens (including phenoxy) is 1. The molecule has 5 heteroatoms. The number of para-hydroxylation sites is 1. The lowest BCUT2D eigenvalue weighted by molar-refractivity contribution is 0.155. The van der Waals surface area contributed by atoms with Crippen molar-refractivity contribution >= 4 is 6.03 Å². The van der Waals surface area contributed by atoms with E-state index >= 15 is 0 Å². The molecule has 1 aromatic carbocycles. The summed E-state index contributed by atoms with van der Waals surface area (Å²) in [5, 5.41) is 15.4. The van der Waals surface area contributed by atoms with E-state index in [1.807, 2.05) is 31.2 Å². The smallest absolute Gasteiger partial charge is 0.315 e. The first-order valence-electron chi connectivity index (χ1n) is 9.02. The number of hydrogen-bond acceptors (Lipinski definition) is 3. The molecule has 2 aliphatic rings. The Morgan fingerprint density at radius 1 is 1.25 bits per heavy atom. The Balaban J connectivity index is 1.55. The van der Waals surface area contributed by atoms with Crippen LogP contribution in [-0.4, -0.2) is 29.4 Å². The number of amides is 2. The highest BCUT2D eigenvalue weighted by atomic mass is 16.5. The summed E-state index contributed by atoms with van der Waals surface area (Å²) in [6, 6.07) is 7.63. The number of benzene rings is 1. The van der Waals surface area contributed by atoms with Crippen LogP contribution in [-0.2, 0) is 6.54 Å². The molecule has 1 unspecified atom stereocenters. The second kappa shape index (κ2) is 7.43. The van der Waals surface area contributed by atoms with Gasteiger partial charge in [0.25, 0.3) is 0 Å². The lowest BCUT2D eigenvalue weighted by atomic mass is 9.97. The summed E-state index contributed by atoms with van der Waals surface area (Å²) in [6.45, 7) is 2.29. The topological polar surface area (TPSA) is 70.6 Å². The molecule has 3 N–H and O–H groups in total. The van der Waals surface area contributed by atoms with Gasteiger partial charge in [-0.2, -0.15) is 0 Å². The molecule has 2 amide bonds. The molecule has 0 aliphatic heterocycles. The maximum absolute atomic E-state index is 12.2. The minimum Gasteiger partial charge on any atom is -0.490 e. The van der Waals surface area contributed by atoms with Crippen molar-refractivity contribution in [2.45, 2.75) is 63.6 Å². The van der Waals surface area contributed by atoms with Crippen molar-refractivity contribution < 1.29 is 14.6 Å². The molecule has 0 heterocycles. The van der Waals surface area contributed by atoms with E-state index < -0.39 is 5.54 Å². The molecular weight excluding hydrogens is 304 g/mol. The number of carbonyl (C=O) groups is 1. The lowest BCUT2D eigenvalue weighted by Gasteiger charge is -2.28. The molecule has 2 saturated carbocycles. The minimum absolute atomic E-state index is 0.0353. The average molecular weight is 332 g/mol. The quantitative estimate of drug-likeness (QED) is 0.719. The van der Waals surface area contributed by atoms with Gasteiger partial charge in [-0.15, -0.1) is 0 Å². The fraction of sp³-hybridized carbons (Fsp3) is 0.632. The highest BCUT2D eigenvalue weighted by molar-refractivity contribution is 5.75. The van der Waals surface area contributed by atoms with Gasteiger partial charge in [0.15, 0.2) is 0 Å². The Morgan fingerprint density at radius 3 is 2.62 bits per heavy atom. The molecule has 0 radical (unpaired) electrons. The third-order valence-corrected chi connectivity index (χ3v) is 5.21. The summed E-state index contributed by atoms with van der Waals surface area (Å²) >= 11 is 0. The van der Waals surface area contributed by atoms with Gasteiger partial charge in [-0.25, -0.2) is 4.79 Å². The van der Waals surface area contributed by atoms with Crippen LogP contribution >= 0.6 is 0 Å². The van der Waals surface area contributed by atoms with Crippen molar-refractivity contribution in [3.05, 3.63) is 29.8 Å². The first kappa shape index (κ1) is 17.1. The van der Waals surface area contributed by atoms with E-state index in [9.17, 15) is 9.90 Å². The van der Waals surface area contributed by atoms with E-state index in [1.165, 1.54) is 12.8 Å². The van der Waals surface area contributed by atoms with Crippen molar-refractivity contribution in [3.8, 4) is 5.75 Å². The minimum atomic E-state index is -0.524. The van der Waals surface area contributed by atoms with Gasteiger partial charge in [0, 0.05) is 12.1 Å². The summed E-state index contributed by atoms with van der Waals surface area (Å²) in [5.74, 6) is 1.24. The molecule has 132 valence electrons. The predicted molar refractivity (Wildman–Crippen MR) is 92.9 cm³/mol. The van der Waals surface area contributed by atoms with Crippen LogP contribution in [0.2, 0.25) is 0 Å². The largest absolute Gasteiger partial charge is 0.490 e. The molecular formula is C19H28N2O3. The van der Waals surface area contributed by atoms with Crippen LogP contribution in [0.5, 0.6) is 5.75 Å². The summed E-state index contributed by atoms with van der Waals surface area (Å²) in [4.78, 5) is 12.2. The van der Waals surface area contributed by atoms with E-state index in [1.54, 1.807) is 0 Å². The molecule has 0 saturated heterocycles. The first-order chi connectivity index (χ1) is 11.6. The average Bonchev–Trinajstić information content (AvgIpc) is 3.33. The number of hydrogen-bond donors (Lipinski definition) is 3. The second-order valence-corrected chi connectivity index (χ2v) is 7.29. The van der Waals surface area contributed by atoms with Gasteiger partial charge in [-0.1, -0.05) is 18.2 Å². The molecule has 0 spiro atoms. The summed E-state index contributed by atoms with van der Waals surface area (Å²) < 4.78 is 6.10. The van der Waals surface area contributed by atoms with Crippen molar-refractivity contribution in [1.29, 1.82) is 0 Å². The number of aliphatic hydroxyl groups is 1. The maximum atomic E-state index is 12.2. The predicted octanol–water partition coefficient (Wildman–Crippen LogP) is 2.97. The van der Waals surface area contributed by atoms with Crippen molar-refractivity contribution in [1.82, 2.24) is 10.6 Å². The molecule has 2 aliphatic carbocycles. The zero-order chi connectivity index (χ0) is 17.0. The Morgan fingerprint density at radius 2 is 1.96 bits per heavy atom. The number of rotatable bonds is 7. The van der Waals surface area contributed by atoms with Crippen molar-refractivity contribution in [3.63, 3.8) is 0 Å². The van der Waals surface area contributed by atoms with Crippen LogP contribution in [0.15, 0.2) is 24.3 Å². The molecule has 2 fully saturated rings. The number of carbonyl (C=O) groups excluding carboxylic acids is 1. The normalized spacial score (nSPS) is 20.4. The summed E-state index contributed by atoms with van der Waals surface area (Å²) in [7, 11) is 0. The lowest BCUT2D eigenvalue weighted by Crippen LogP contribution is -2.53. The van der Waals surface area contributed by atoms with Crippen molar-refractivity contribution in [2.75, 3.05) is 6.61 Å². The number of nitrogens with one attached hydrogen (secondary N) is 2. The molecule has 3 rings (SSSR count). The van der Waals surface area contributed by atoms with Crippen LogP contribution in [0.4, 0.5) is 4.79 Å². The van der Waals surface area contributed by atoms with Crippen LogP contribution in [0.3, 0.4) is 0 Å². The van der Waals surface area contributed by atoms with E-state index in [4.69, 9.17) is 4.74 Å². The zero-order valence-corrected chi connectivity index (χ0v) is 14.4. The van der Waals surface area contributed by atoms with Gasteiger partial charge in [0.1, 0.15) is 5.75 Å². The van der Waals surface area contributed by atoms with Gasteiger partial charge in [-0.3, -0.25) is 0 Å². The zero-order valence-electron chi connectivity index (χ0n) is 14.4. The van der Waals surface area contributed by atoms with Gasteiger partial charge in [-0.05, 0) is 57.4 Å². The second-order valence-electron chi connectivity index (χ2n) is 7.29. The summed E-state index contributed by atoms with van der Waals surface area (Å²) in [6.07, 6.45) is 7.11. The first-order valence-corrected chi connectivity index (χ1v) is 9.02. The van der Waals surface area contributed by atoms with Crippen LogP contribution in [0.1, 0.15) is 51.0 Å². The van der Waals surface area contributed by atoms with E-state index in [2.05, 4.69) is 10.6 Å². The Kier molecular flexibility index (Phi) is 5.29. The highest BCUT2D eigenvalue weighted by Gasteiger charge is 2.42. The van der Waals surface area contributed by atoms with Gasteiger partial charge in [0.05, 0.1) is 18.2 Å². The van der Waals surface area contributed by atoms with E-state index in [-0.39, 0.29) is 12.6 Å². The Hall–Kier alpha value is -1.75. The fourth-order valence-electron chi connectivity index (χ4n) is 3.42. The summed E-state index contributed by atoms with van der Waals surface area (Å²) in [5.41, 5.74) is 0.459. The van der Waals surface area contributed by atoms with Crippen molar-refractivity contribution in [2.24, 2.45) is 5.92 Å². The molecule has 1 aromatic rings. The third-order valence-electron chi connectivity index (χ3n) is 5.21. The fourth-order valence-corrected chi connectivity index (χ4v) is 3.42. The maximum Gasteiger partial charge on any atom is 0.315 e. The third kappa shape index (κ3) is 4.20. The van der Waals surface area contributed by atoms with Crippen LogP contribution in [0, 0.1) is 5.92 Å². The highest BCUT2D eigenvalue weighted by Crippen LogP contribution is 2.39. The SMILES string of the molecule is CC(CO)(NC(=O)NCc1ccccc1OC1CCCC1)C1CC1. The standard InChI is InChI=1S/C19H28N2O3/c1-19(13-22,15-10-11-15)21-18(23)20-12-14-6-2-5-9-17(14)24-16-7-3-4-8-16/h2,5-6,9,15-16,22H,3-4,7-8,10-13H2,1H3,(H2,20,21,23). The Labute approximate surface area is 143 Å². The van der Waals surface area contributed by atoms with Crippen LogP contribution < -0.4 is 15.4 Å². The van der Waals surface area contributed by atoms with Crippen LogP contribution in [0.25, 0.3) is 0 Å².